The molecule has 1 amide bonds. The maximum Gasteiger partial charge on any atom is 0.267 e. The molecule has 1 atom stereocenters. The number of hydrogen-bond acceptors (Lipinski definition) is 5. The molecule has 1 aliphatic rings. The largest absolute Gasteiger partial charge is 0.496 e. The van der Waals surface area contributed by atoms with Crippen molar-refractivity contribution in [3.63, 3.8) is 0 Å². The number of halogens is 2. The molecule has 2 heterocycles. The van der Waals surface area contributed by atoms with E-state index >= 15 is 0 Å². The highest BCUT2D eigenvalue weighted by molar-refractivity contribution is 5.77. The molecule has 0 unspecified atom stereocenters. The van der Waals surface area contributed by atoms with E-state index in [4.69, 9.17) is 9.15 Å². The third-order valence-electron chi connectivity index (χ3n) is 4.22. The lowest BCUT2D eigenvalue weighted by atomic mass is 10.1. The third kappa shape index (κ3) is 3.78. The van der Waals surface area contributed by atoms with E-state index in [1.54, 1.807) is 20.1 Å². The molecular weight excluding hydrogens is 332 g/mol. The number of amides is 1. The van der Waals surface area contributed by atoms with Crippen LogP contribution in [0.4, 0.5) is 8.78 Å². The van der Waals surface area contributed by atoms with Crippen molar-refractivity contribution in [2.24, 2.45) is 0 Å². The number of rotatable bonds is 5. The number of benzene rings is 1. The number of ether oxygens (including phenoxy) is 1. The van der Waals surface area contributed by atoms with E-state index in [-0.39, 0.29) is 24.1 Å². The van der Waals surface area contributed by atoms with Gasteiger partial charge in [0.15, 0.2) is 0 Å². The molecule has 3 rings (SSSR count). The second-order valence-electron chi connectivity index (χ2n) is 6.07. The van der Waals surface area contributed by atoms with Gasteiger partial charge in [-0.3, -0.25) is 4.79 Å². The lowest BCUT2D eigenvalue weighted by Gasteiger charge is -2.21. The SMILES string of the molecule is COc1ccccc1CCC(=O)N1CC(F)(F)C[C@H]1c1nnc(C)o1. The van der Waals surface area contributed by atoms with Crippen LogP contribution in [0, 0.1) is 6.92 Å². The van der Waals surface area contributed by atoms with Gasteiger partial charge in [0.2, 0.25) is 17.7 Å². The summed E-state index contributed by atoms with van der Waals surface area (Å²) in [6.45, 7) is 0.946. The first kappa shape index (κ1) is 17.3. The molecule has 1 fully saturated rings. The molecule has 1 saturated heterocycles. The fourth-order valence-electron chi connectivity index (χ4n) is 3.04. The van der Waals surface area contributed by atoms with E-state index in [1.807, 2.05) is 18.2 Å². The van der Waals surface area contributed by atoms with Crippen LogP contribution in [0.5, 0.6) is 5.75 Å². The standard InChI is InChI=1S/C17H19F2N3O3/c1-11-20-21-16(25-11)13-9-17(18,19)10-22(13)15(23)8-7-12-5-3-4-6-14(12)24-2/h3-6,13H,7-10H2,1-2H3/t13-/m0/s1. The Balaban J connectivity index is 1.73. The molecule has 1 aliphatic heterocycles. The minimum absolute atomic E-state index is 0.0558. The number of hydrogen-bond donors (Lipinski definition) is 0. The number of likely N-dealkylation sites (tertiary alicyclic amines) is 1. The van der Waals surface area contributed by atoms with Gasteiger partial charge < -0.3 is 14.1 Å². The van der Waals surface area contributed by atoms with Crippen LogP contribution in [0.1, 0.15) is 36.2 Å². The molecule has 6 nitrogen and oxygen atoms in total. The highest BCUT2D eigenvalue weighted by Gasteiger charge is 2.49. The van der Waals surface area contributed by atoms with Crippen molar-refractivity contribution < 1.29 is 22.7 Å². The first-order valence-corrected chi connectivity index (χ1v) is 7.99. The van der Waals surface area contributed by atoms with Gasteiger partial charge in [0.25, 0.3) is 5.92 Å². The monoisotopic (exact) mass is 351 g/mol. The van der Waals surface area contributed by atoms with Crippen molar-refractivity contribution >= 4 is 5.91 Å². The Hall–Kier alpha value is -2.51. The summed E-state index contributed by atoms with van der Waals surface area (Å²) in [5, 5.41) is 7.48. The Kier molecular flexibility index (Phi) is 4.69. The van der Waals surface area contributed by atoms with Gasteiger partial charge in [-0.05, 0) is 18.1 Å². The van der Waals surface area contributed by atoms with E-state index in [1.165, 1.54) is 0 Å². The summed E-state index contributed by atoms with van der Waals surface area (Å²) in [4.78, 5) is 13.7. The maximum absolute atomic E-state index is 13.9. The maximum atomic E-state index is 13.9. The summed E-state index contributed by atoms with van der Waals surface area (Å²) in [7, 11) is 1.55. The predicted molar refractivity (Wildman–Crippen MR) is 84.4 cm³/mol. The average Bonchev–Trinajstić information content (AvgIpc) is 3.15. The molecule has 0 N–H and O–H groups in total. The molecule has 0 aliphatic carbocycles. The van der Waals surface area contributed by atoms with Gasteiger partial charge in [0.1, 0.15) is 11.8 Å². The lowest BCUT2D eigenvalue weighted by molar-refractivity contribution is -0.133. The zero-order valence-electron chi connectivity index (χ0n) is 14.0. The Bertz CT molecular complexity index is 763. The Morgan fingerprint density at radius 1 is 1.40 bits per heavy atom. The Morgan fingerprint density at radius 2 is 2.16 bits per heavy atom. The van der Waals surface area contributed by atoms with Crippen molar-refractivity contribution in [3.8, 4) is 5.75 Å². The normalized spacial score (nSPS) is 19.2. The topological polar surface area (TPSA) is 68.5 Å². The van der Waals surface area contributed by atoms with Crippen LogP contribution in [0.25, 0.3) is 0 Å². The number of carbonyl (C=O) groups is 1. The molecule has 8 heteroatoms. The van der Waals surface area contributed by atoms with Crippen molar-refractivity contribution in [2.45, 2.75) is 38.2 Å². The van der Waals surface area contributed by atoms with Gasteiger partial charge in [-0.1, -0.05) is 18.2 Å². The van der Waals surface area contributed by atoms with Crippen molar-refractivity contribution in [3.05, 3.63) is 41.6 Å². The summed E-state index contributed by atoms with van der Waals surface area (Å²) in [5.41, 5.74) is 0.856. The van der Waals surface area contributed by atoms with Gasteiger partial charge in [0.05, 0.1) is 13.7 Å². The van der Waals surface area contributed by atoms with E-state index in [9.17, 15) is 13.6 Å². The van der Waals surface area contributed by atoms with Gasteiger partial charge in [-0.2, -0.15) is 0 Å². The minimum atomic E-state index is -2.97. The van der Waals surface area contributed by atoms with Crippen LogP contribution < -0.4 is 4.74 Å². The van der Waals surface area contributed by atoms with Crippen LogP contribution in [-0.4, -0.2) is 40.6 Å². The highest BCUT2D eigenvalue weighted by atomic mass is 19.3. The van der Waals surface area contributed by atoms with Gasteiger partial charge in [0, 0.05) is 19.8 Å². The molecule has 134 valence electrons. The quantitative estimate of drug-likeness (QED) is 0.828. The second-order valence-corrected chi connectivity index (χ2v) is 6.07. The first-order chi connectivity index (χ1) is 11.9. The lowest BCUT2D eigenvalue weighted by Crippen LogP contribution is -2.33. The van der Waals surface area contributed by atoms with Gasteiger partial charge >= 0.3 is 0 Å². The van der Waals surface area contributed by atoms with E-state index in [0.717, 1.165) is 10.5 Å². The second kappa shape index (κ2) is 6.78. The smallest absolute Gasteiger partial charge is 0.267 e. The highest BCUT2D eigenvalue weighted by Crippen LogP contribution is 2.41. The minimum Gasteiger partial charge on any atom is -0.496 e. The van der Waals surface area contributed by atoms with Gasteiger partial charge in [-0.15, -0.1) is 10.2 Å². The van der Waals surface area contributed by atoms with Crippen molar-refractivity contribution in [1.82, 2.24) is 15.1 Å². The number of carbonyl (C=O) groups excluding carboxylic acids is 1. The molecule has 1 aromatic heterocycles. The van der Waals surface area contributed by atoms with E-state index in [2.05, 4.69) is 10.2 Å². The molecule has 1 aromatic carbocycles. The zero-order valence-corrected chi connectivity index (χ0v) is 14.0. The summed E-state index contributed by atoms with van der Waals surface area (Å²) in [6.07, 6.45) is -0.00436. The third-order valence-corrected chi connectivity index (χ3v) is 4.22. The average molecular weight is 351 g/mol. The van der Waals surface area contributed by atoms with Crippen molar-refractivity contribution in [2.75, 3.05) is 13.7 Å². The summed E-state index contributed by atoms with van der Waals surface area (Å²) < 4.78 is 38.3. The number of aryl methyl sites for hydroxylation is 2. The number of methoxy groups -OCH3 is 1. The fourth-order valence-corrected chi connectivity index (χ4v) is 3.04. The van der Waals surface area contributed by atoms with E-state index < -0.39 is 24.9 Å². The van der Waals surface area contributed by atoms with Crippen LogP contribution in [-0.2, 0) is 11.2 Å². The number of para-hydroxylation sites is 1. The number of aromatic nitrogens is 2. The number of nitrogens with zero attached hydrogens (tertiary/aromatic N) is 3. The van der Waals surface area contributed by atoms with Crippen LogP contribution >= 0.6 is 0 Å². The molecule has 0 radical (unpaired) electrons. The van der Waals surface area contributed by atoms with Crippen LogP contribution in [0.3, 0.4) is 0 Å². The van der Waals surface area contributed by atoms with E-state index in [0.29, 0.717) is 12.2 Å². The van der Waals surface area contributed by atoms with Crippen molar-refractivity contribution in [1.29, 1.82) is 0 Å². The molecule has 0 spiro atoms. The molecule has 0 bridgehead atoms. The number of alkyl halides is 2. The predicted octanol–water partition coefficient (Wildman–Crippen LogP) is 2.93. The van der Waals surface area contributed by atoms with Gasteiger partial charge in [-0.25, -0.2) is 8.78 Å². The Labute approximate surface area is 143 Å². The van der Waals surface area contributed by atoms with Crippen LogP contribution in [0.2, 0.25) is 0 Å². The molecule has 2 aromatic rings. The zero-order chi connectivity index (χ0) is 18.0. The molecular formula is C17H19F2N3O3. The summed E-state index contributed by atoms with van der Waals surface area (Å²) in [6, 6.07) is 6.44. The molecule has 0 saturated carbocycles. The molecule has 25 heavy (non-hydrogen) atoms. The fraction of sp³-hybridized carbons (Fsp3) is 0.471. The Morgan fingerprint density at radius 3 is 2.84 bits per heavy atom. The first-order valence-electron chi connectivity index (χ1n) is 7.99. The summed E-state index contributed by atoms with van der Waals surface area (Å²) >= 11 is 0. The summed E-state index contributed by atoms with van der Waals surface area (Å²) in [5.74, 6) is -2.32. The van der Waals surface area contributed by atoms with Crippen LogP contribution in [0.15, 0.2) is 28.7 Å².